The maximum atomic E-state index is 6.69. The minimum Gasteiger partial charge on any atom is -0.456 e. The van der Waals surface area contributed by atoms with Crippen molar-refractivity contribution in [3.63, 3.8) is 0 Å². The van der Waals surface area contributed by atoms with Crippen molar-refractivity contribution < 1.29 is 13.9 Å². The summed E-state index contributed by atoms with van der Waals surface area (Å²) in [6, 6.07) is 42.7. The molecule has 46 heavy (non-hydrogen) atoms. The molecule has 0 atom stereocenters. The van der Waals surface area contributed by atoms with E-state index in [0.29, 0.717) is 0 Å². The van der Waals surface area contributed by atoms with Gasteiger partial charge in [0.15, 0.2) is 6.29 Å². The molecule has 1 saturated heterocycles. The molecule has 1 fully saturated rings. The molecule has 9 rings (SSSR count). The zero-order chi connectivity index (χ0) is 31.2. The number of hydrogen-bond acceptors (Lipinski definition) is 4. The Morgan fingerprint density at radius 3 is 1.91 bits per heavy atom. The number of fused-ring (bicyclic) bond motifs is 7. The number of para-hydroxylation sites is 1. The maximum absolute atomic E-state index is 6.69. The largest absolute Gasteiger partial charge is 0.456 e. The molecule has 0 N–H and O–H groups in total. The van der Waals surface area contributed by atoms with Crippen LogP contribution in [0.2, 0.25) is 0 Å². The van der Waals surface area contributed by atoms with Gasteiger partial charge in [-0.2, -0.15) is 0 Å². The van der Waals surface area contributed by atoms with Crippen LogP contribution in [0.15, 0.2) is 126 Å². The van der Waals surface area contributed by atoms with Crippen molar-refractivity contribution in [1.82, 2.24) is 4.98 Å². The number of nitrogens with zero attached hydrogens (tertiary/aromatic N) is 1. The van der Waals surface area contributed by atoms with Crippen LogP contribution in [0.1, 0.15) is 39.5 Å². The predicted molar refractivity (Wildman–Crippen MR) is 188 cm³/mol. The van der Waals surface area contributed by atoms with Crippen molar-refractivity contribution in [2.24, 2.45) is 0 Å². The fourth-order valence-electron chi connectivity index (χ4n) is 6.87. The van der Waals surface area contributed by atoms with E-state index in [1.165, 1.54) is 0 Å². The average Bonchev–Trinajstić information content (AvgIpc) is 3.54. The van der Waals surface area contributed by atoms with Gasteiger partial charge in [0.05, 0.1) is 22.2 Å². The molecule has 4 heteroatoms. The second-order valence-electron chi connectivity index (χ2n) is 13.4. The van der Waals surface area contributed by atoms with Crippen LogP contribution in [0.3, 0.4) is 0 Å². The van der Waals surface area contributed by atoms with Gasteiger partial charge in [-0.05, 0) is 85.7 Å². The van der Waals surface area contributed by atoms with Crippen molar-refractivity contribution in [1.29, 1.82) is 0 Å². The van der Waals surface area contributed by atoms with Crippen LogP contribution in [0.25, 0.3) is 76.8 Å². The Morgan fingerprint density at radius 1 is 0.500 bits per heavy atom. The molecular weight excluding hydrogens is 566 g/mol. The van der Waals surface area contributed by atoms with Crippen molar-refractivity contribution in [2.45, 2.75) is 45.2 Å². The SMILES string of the molecule is CC1(C)OC(c2c3ccc(-c4ccccc4)cc3nc3c2ccc2ccc(-c4ccc5c(c4)oc4ccccc45)cc23)OC1(C)C. The van der Waals surface area contributed by atoms with Crippen LogP contribution >= 0.6 is 0 Å². The molecular formula is C42H33NO3. The highest BCUT2D eigenvalue weighted by molar-refractivity contribution is 6.12. The first-order valence-electron chi connectivity index (χ1n) is 15.9. The smallest absolute Gasteiger partial charge is 0.186 e. The quantitative estimate of drug-likeness (QED) is 0.150. The lowest BCUT2D eigenvalue weighted by Gasteiger charge is -2.30. The molecule has 1 aliphatic heterocycles. The van der Waals surface area contributed by atoms with E-state index in [4.69, 9.17) is 18.9 Å². The normalized spacial score (nSPS) is 16.3. The van der Waals surface area contributed by atoms with Crippen LogP contribution in [-0.2, 0) is 9.47 Å². The van der Waals surface area contributed by atoms with Gasteiger partial charge < -0.3 is 13.9 Å². The van der Waals surface area contributed by atoms with Crippen LogP contribution in [-0.4, -0.2) is 16.2 Å². The van der Waals surface area contributed by atoms with Gasteiger partial charge in [-0.3, -0.25) is 0 Å². The molecule has 6 aromatic carbocycles. The third kappa shape index (κ3) is 4.11. The first-order valence-corrected chi connectivity index (χ1v) is 15.9. The Bertz CT molecular complexity index is 2470. The van der Waals surface area contributed by atoms with Gasteiger partial charge in [0.2, 0.25) is 0 Å². The Morgan fingerprint density at radius 2 is 1.11 bits per heavy atom. The number of rotatable bonds is 3. The zero-order valence-electron chi connectivity index (χ0n) is 26.3. The summed E-state index contributed by atoms with van der Waals surface area (Å²) >= 11 is 0. The fourth-order valence-corrected chi connectivity index (χ4v) is 6.87. The topological polar surface area (TPSA) is 44.5 Å². The van der Waals surface area contributed by atoms with E-state index < -0.39 is 17.5 Å². The first-order chi connectivity index (χ1) is 22.3. The van der Waals surface area contributed by atoms with Gasteiger partial charge in [0, 0.05) is 32.5 Å². The van der Waals surface area contributed by atoms with Gasteiger partial charge >= 0.3 is 0 Å². The predicted octanol–water partition coefficient (Wildman–Crippen LogP) is 11.4. The average molecular weight is 600 g/mol. The molecule has 2 aromatic heterocycles. The molecule has 8 aromatic rings. The molecule has 0 saturated carbocycles. The van der Waals surface area contributed by atoms with Crippen molar-refractivity contribution in [3.8, 4) is 22.3 Å². The fraction of sp³-hybridized carbons (Fsp3) is 0.167. The Kier molecular flexibility index (Phi) is 5.78. The van der Waals surface area contributed by atoms with Gasteiger partial charge in [-0.1, -0.05) is 91.0 Å². The summed E-state index contributed by atoms with van der Waals surface area (Å²) in [5.74, 6) is 0. The molecule has 1 aliphatic rings. The summed E-state index contributed by atoms with van der Waals surface area (Å²) in [4.78, 5) is 5.38. The molecule has 0 spiro atoms. The molecule has 0 aliphatic carbocycles. The van der Waals surface area contributed by atoms with Crippen molar-refractivity contribution >= 4 is 54.5 Å². The third-order valence-electron chi connectivity index (χ3n) is 10.1. The third-order valence-corrected chi connectivity index (χ3v) is 10.1. The standard InChI is InChI=1S/C42H33NO3/c1-41(2)42(3,4)46-40(45-41)38-32-20-18-28(25-10-6-5-7-11-25)23-35(32)43-39-33(38)21-16-26-14-15-27(22-34(26)39)29-17-19-31-30-12-8-9-13-36(30)44-37(31)24-29/h5-24,40H,1-4H3. The van der Waals surface area contributed by atoms with E-state index in [1.54, 1.807) is 0 Å². The molecule has 3 heterocycles. The van der Waals surface area contributed by atoms with Crippen molar-refractivity contribution in [3.05, 3.63) is 127 Å². The van der Waals surface area contributed by atoms with Gasteiger partial charge in [0.25, 0.3) is 0 Å². The Hall–Kier alpha value is -5.03. The number of pyridine rings is 1. The van der Waals surface area contributed by atoms with Crippen LogP contribution in [0.5, 0.6) is 0 Å². The highest BCUT2D eigenvalue weighted by Gasteiger charge is 2.50. The number of hydrogen-bond donors (Lipinski definition) is 0. The molecule has 4 nitrogen and oxygen atoms in total. The lowest BCUT2D eigenvalue weighted by Crippen LogP contribution is -2.41. The zero-order valence-corrected chi connectivity index (χ0v) is 26.3. The van der Waals surface area contributed by atoms with Crippen LogP contribution in [0.4, 0.5) is 0 Å². The van der Waals surface area contributed by atoms with E-state index in [1.807, 2.05) is 18.2 Å². The first kappa shape index (κ1) is 27.3. The van der Waals surface area contributed by atoms with E-state index >= 15 is 0 Å². The lowest BCUT2D eigenvalue weighted by molar-refractivity contribution is -0.0876. The molecule has 0 amide bonds. The van der Waals surface area contributed by atoms with E-state index in [0.717, 1.165) is 82.3 Å². The number of benzene rings is 6. The minimum absolute atomic E-state index is 0.469. The molecule has 0 bridgehead atoms. The molecule has 0 unspecified atom stereocenters. The molecule has 0 radical (unpaired) electrons. The highest BCUT2D eigenvalue weighted by Crippen LogP contribution is 2.48. The summed E-state index contributed by atoms with van der Waals surface area (Å²) in [5.41, 5.74) is 8.22. The lowest BCUT2D eigenvalue weighted by atomic mass is 9.90. The van der Waals surface area contributed by atoms with Crippen molar-refractivity contribution in [2.75, 3.05) is 0 Å². The molecule has 224 valence electrons. The van der Waals surface area contributed by atoms with Gasteiger partial charge in [-0.15, -0.1) is 0 Å². The number of furan rings is 1. The van der Waals surface area contributed by atoms with E-state index in [9.17, 15) is 0 Å². The second-order valence-corrected chi connectivity index (χ2v) is 13.4. The highest BCUT2D eigenvalue weighted by atomic mass is 16.7. The number of ether oxygens (including phenoxy) is 2. The van der Waals surface area contributed by atoms with Gasteiger partial charge in [0.1, 0.15) is 11.2 Å². The number of aromatic nitrogens is 1. The Labute approximate surface area is 267 Å². The Balaban J connectivity index is 1.29. The summed E-state index contributed by atoms with van der Waals surface area (Å²) in [7, 11) is 0. The monoisotopic (exact) mass is 599 g/mol. The maximum Gasteiger partial charge on any atom is 0.186 e. The summed E-state index contributed by atoms with van der Waals surface area (Å²) < 4.78 is 19.6. The van der Waals surface area contributed by atoms with Crippen LogP contribution < -0.4 is 0 Å². The van der Waals surface area contributed by atoms with Gasteiger partial charge in [-0.25, -0.2) is 4.98 Å². The van der Waals surface area contributed by atoms with Crippen LogP contribution in [0, 0.1) is 0 Å². The van der Waals surface area contributed by atoms with E-state index in [2.05, 4.69) is 131 Å². The second kappa shape index (κ2) is 9.73. The van der Waals surface area contributed by atoms with E-state index in [-0.39, 0.29) is 0 Å². The summed E-state index contributed by atoms with van der Waals surface area (Å²) in [6.07, 6.45) is -0.531. The minimum atomic E-state index is -0.531. The summed E-state index contributed by atoms with van der Waals surface area (Å²) in [5, 5.41) is 6.55. The summed E-state index contributed by atoms with van der Waals surface area (Å²) in [6.45, 7) is 8.42.